The highest BCUT2D eigenvalue weighted by Crippen LogP contribution is 2.24. The Bertz CT molecular complexity index is 942. The van der Waals surface area contributed by atoms with Crippen molar-refractivity contribution >= 4 is 11.8 Å². The molecule has 0 unspecified atom stereocenters. The maximum atomic E-state index is 5.90. The molecule has 164 valence electrons. The minimum Gasteiger partial charge on any atom is -0.497 e. The fourth-order valence-electron chi connectivity index (χ4n) is 3.68. The van der Waals surface area contributed by atoms with Crippen LogP contribution in [0.5, 0.6) is 5.75 Å². The number of ether oxygens (including phenoxy) is 2. The minimum atomic E-state index is 0.232. The number of nitrogens with zero attached hydrogens (tertiary/aromatic N) is 5. The highest BCUT2D eigenvalue weighted by molar-refractivity contribution is 7.98. The predicted octanol–water partition coefficient (Wildman–Crippen LogP) is 3.79. The molecule has 2 aromatic heterocycles. The SMILES string of the molecule is COc1ccc(CN(C)Cc2nnc(SCc3ccccn3)n2C[C@@H]2CCCO2)cc1. The van der Waals surface area contributed by atoms with Crippen LogP contribution in [0, 0.1) is 0 Å². The molecule has 0 radical (unpaired) electrons. The summed E-state index contributed by atoms with van der Waals surface area (Å²) < 4.78 is 13.4. The lowest BCUT2D eigenvalue weighted by atomic mass is 10.2. The molecule has 1 fully saturated rings. The molecule has 0 amide bonds. The number of aromatic nitrogens is 4. The van der Waals surface area contributed by atoms with Crippen LogP contribution in [0.4, 0.5) is 0 Å². The Hall–Kier alpha value is -2.42. The van der Waals surface area contributed by atoms with Gasteiger partial charge in [0.15, 0.2) is 5.16 Å². The average Bonchev–Trinajstić information content (AvgIpc) is 3.44. The van der Waals surface area contributed by atoms with Crippen LogP contribution in [0.15, 0.2) is 53.8 Å². The van der Waals surface area contributed by atoms with Gasteiger partial charge in [0.25, 0.3) is 0 Å². The van der Waals surface area contributed by atoms with Crippen LogP contribution in [0.3, 0.4) is 0 Å². The van der Waals surface area contributed by atoms with Crippen molar-refractivity contribution in [2.24, 2.45) is 0 Å². The first-order valence-electron chi connectivity index (χ1n) is 10.6. The summed E-state index contributed by atoms with van der Waals surface area (Å²) in [6.07, 6.45) is 4.27. The first-order valence-corrected chi connectivity index (χ1v) is 11.6. The molecule has 0 saturated carbocycles. The van der Waals surface area contributed by atoms with Gasteiger partial charge in [-0.1, -0.05) is 30.0 Å². The molecule has 4 rings (SSSR count). The number of benzene rings is 1. The van der Waals surface area contributed by atoms with E-state index in [-0.39, 0.29) is 6.10 Å². The van der Waals surface area contributed by atoms with Gasteiger partial charge < -0.3 is 14.0 Å². The number of pyridine rings is 1. The van der Waals surface area contributed by atoms with Crippen LogP contribution >= 0.6 is 11.8 Å². The normalized spacial score (nSPS) is 16.2. The Morgan fingerprint density at radius 3 is 2.74 bits per heavy atom. The number of hydrogen-bond donors (Lipinski definition) is 0. The van der Waals surface area contributed by atoms with Gasteiger partial charge in [-0.05, 0) is 49.7 Å². The molecule has 3 heterocycles. The van der Waals surface area contributed by atoms with E-state index in [9.17, 15) is 0 Å². The van der Waals surface area contributed by atoms with Crippen LogP contribution < -0.4 is 4.74 Å². The van der Waals surface area contributed by atoms with Crippen molar-refractivity contribution in [1.82, 2.24) is 24.6 Å². The molecule has 0 N–H and O–H groups in total. The largest absolute Gasteiger partial charge is 0.497 e. The fraction of sp³-hybridized carbons (Fsp3) is 0.435. The van der Waals surface area contributed by atoms with Gasteiger partial charge in [0, 0.05) is 25.1 Å². The van der Waals surface area contributed by atoms with Crippen molar-refractivity contribution in [3.63, 3.8) is 0 Å². The van der Waals surface area contributed by atoms with Crippen LogP contribution in [-0.2, 0) is 30.1 Å². The molecule has 1 saturated heterocycles. The van der Waals surface area contributed by atoms with E-state index in [1.807, 2.05) is 36.5 Å². The molecule has 1 aromatic carbocycles. The Morgan fingerprint density at radius 1 is 1.16 bits per heavy atom. The Balaban J connectivity index is 1.45. The molecular weight excluding hydrogens is 410 g/mol. The summed E-state index contributed by atoms with van der Waals surface area (Å²) in [5.41, 5.74) is 2.27. The number of hydrogen-bond acceptors (Lipinski definition) is 7. The molecular formula is C23H29N5O2S. The second-order valence-corrected chi connectivity index (χ2v) is 8.72. The second-order valence-electron chi connectivity index (χ2n) is 7.77. The zero-order valence-corrected chi connectivity index (χ0v) is 18.9. The zero-order chi connectivity index (χ0) is 21.5. The third-order valence-electron chi connectivity index (χ3n) is 5.30. The molecule has 0 aliphatic carbocycles. The highest BCUT2D eigenvalue weighted by Gasteiger charge is 2.21. The topological polar surface area (TPSA) is 65.3 Å². The van der Waals surface area contributed by atoms with Crippen LogP contribution in [0.1, 0.15) is 29.9 Å². The lowest BCUT2D eigenvalue weighted by molar-refractivity contribution is 0.0934. The molecule has 7 nitrogen and oxygen atoms in total. The Kier molecular flexibility index (Phi) is 7.56. The second kappa shape index (κ2) is 10.7. The van der Waals surface area contributed by atoms with Crippen molar-refractivity contribution in [1.29, 1.82) is 0 Å². The van der Waals surface area contributed by atoms with Gasteiger partial charge >= 0.3 is 0 Å². The number of methoxy groups -OCH3 is 1. The molecule has 0 spiro atoms. The first kappa shape index (κ1) is 21.8. The van der Waals surface area contributed by atoms with Crippen molar-refractivity contribution in [2.45, 2.75) is 49.5 Å². The lowest BCUT2D eigenvalue weighted by Crippen LogP contribution is -2.23. The standard InChI is InChI=1S/C23H29N5O2S/c1-27(14-18-8-10-20(29-2)11-9-18)16-22-25-26-23(28(22)15-21-7-5-13-30-21)31-17-19-6-3-4-12-24-19/h3-4,6,8-12,21H,5,7,13-17H2,1-2H3/t21-/m0/s1. The van der Waals surface area contributed by atoms with E-state index in [4.69, 9.17) is 9.47 Å². The fourth-order valence-corrected chi connectivity index (χ4v) is 4.56. The maximum absolute atomic E-state index is 5.90. The average molecular weight is 440 g/mol. The van der Waals surface area contributed by atoms with Gasteiger partial charge in [0.05, 0.1) is 32.0 Å². The summed E-state index contributed by atoms with van der Waals surface area (Å²) in [4.78, 5) is 6.68. The van der Waals surface area contributed by atoms with Gasteiger partial charge in [0.1, 0.15) is 11.6 Å². The van der Waals surface area contributed by atoms with Gasteiger partial charge in [-0.3, -0.25) is 9.88 Å². The predicted molar refractivity (Wildman–Crippen MR) is 121 cm³/mol. The van der Waals surface area contributed by atoms with Gasteiger partial charge in [-0.2, -0.15) is 0 Å². The van der Waals surface area contributed by atoms with Crippen LogP contribution in [0.2, 0.25) is 0 Å². The van der Waals surface area contributed by atoms with Crippen molar-refractivity contribution in [2.75, 3.05) is 20.8 Å². The number of rotatable bonds is 10. The smallest absolute Gasteiger partial charge is 0.191 e. The van der Waals surface area contributed by atoms with Crippen molar-refractivity contribution in [3.8, 4) is 5.75 Å². The molecule has 8 heteroatoms. The maximum Gasteiger partial charge on any atom is 0.191 e. The van der Waals surface area contributed by atoms with Crippen LogP contribution in [0.25, 0.3) is 0 Å². The zero-order valence-electron chi connectivity index (χ0n) is 18.1. The first-order chi connectivity index (χ1) is 15.2. The minimum absolute atomic E-state index is 0.232. The van der Waals surface area contributed by atoms with Crippen molar-refractivity contribution < 1.29 is 9.47 Å². The molecule has 1 aliphatic rings. The third-order valence-corrected chi connectivity index (χ3v) is 6.30. The Morgan fingerprint density at radius 2 is 2.03 bits per heavy atom. The monoisotopic (exact) mass is 439 g/mol. The van der Waals surface area contributed by atoms with E-state index in [1.54, 1.807) is 18.9 Å². The van der Waals surface area contributed by atoms with Gasteiger partial charge in [0.2, 0.25) is 0 Å². The van der Waals surface area contributed by atoms with E-state index in [2.05, 4.69) is 43.8 Å². The summed E-state index contributed by atoms with van der Waals surface area (Å²) in [5, 5.41) is 9.96. The third kappa shape index (κ3) is 6.06. The summed E-state index contributed by atoms with van der Waals surface area (Å²) >= 11 is 1.68. The molecule has 3 aromatic rings. The van der Waals surface area contributed by atoms with E-state index >= 15 is 0 Å². The number of thioether (sulfide) groups is 1. The quantitative estimate of drug-likeness (QED) is 0.445. The van der Waals surface area contributed by atoms with E-state index in [0.29, 0.717) is 0 Å². The lowest BCUT2D eigenvalue weighted by Gasteiger charge is -2.19. The van der Waals surface area contributed by atoms with E-state index in [1.165, 1.54) is 5.56 Å². The molecule has 0 bridgehead atoms. The summed E-state index contributed by atoms with van der Waals surface area (Å²) in [5.74, 6) is 2.61. The molecule has 1 atom stereocenters. The summed E-state index contributed by atoms with van der Waals surface area (Å²) in [6, 6.07) is 14.2. The van der Waals surface area contributed by atoms with Crippen LogP contribution in [-0.4, -0.2) is 51.5 Å². The van der Waals surface area contributed by atoms with Crippen molar-refractivity contribution in [3.05, 3.63) is 65.7 Å². The van der Waals surface area contributed by atoms with E-state index in [0.717, 1.165) is 67.3 Å². The summed E-state index contributed by atoms with van der Waals surface area (Å²) in [7, 11) is 3.79. The molecule has 1 aliphatic heterocycles. The van der Waals surface area contributed by atoms with Gasteiger partial charge in [-0.15, -0.1) is 10.2 Å². The summed E-state index contributed by atoms with van der Waals surface area (Å²) in [6.45, 7) is 3.18. The van der Waals surface area contributed by atoms with Gasteiger partial charge in [-0.25, -0.2) is 0 Å². The molecule has 31 heavy (non-hydrogen) atoms. The van der Waals surface area contributed by atoms with E-state index < -0.39 is 0 Å². The highest BCUT2D eigenvalue weighted by atomic mass is 32.2. The Labute approximate surface area is 187 Å².